The predicted octanol–water partition coefficient (Wildman–Crippen LogP) is 11.5. The third kappa shape index (κ3) is 9.32. The highest BCUT2D eigenvalue weighted by atomic mass is 15.1. The van der Waals surface area contributed by atoms with Crippen LogP contribution in [-0.2, 0) is 0 Å². The summed E-state index contributed by atoms with van der Waals surface area (Å²) in [6.07, 6.45) is 29.6. The molecule has 0 N–H and O–H groups in total. The molecule has 1 heteroatoms. The Morgan fingerprint density at radius 2 is 1.65 bits per heavy atom. The van der Waals surface area contributed by atoms with E-state index >= 15 is 0 Å². The summed E-state index contributed by atoms with van der Waals surface area (Å²) in [5.74, 6) is 0.544. The average Bonchev–Trinajstić information content (AvgIpc) is 2.98. The molecule has 0 amide bonds. The first-order valence-electron chi connectivity index (χ1n) is 15.2. The van der Waals surface area contributed by atoms with E-state index in [1.54, 1.807) is 6.08 Å². The molecular weight excluding hydrogens is 518 g/mol. The van der Waals surface area contributed by atoms with Crippen molar-refractivity contribution >= 4 is 0 Å². The van der Waals surface area contributed by atoms with E-state index in [0.29, 0.717) is 5.92 Å². The van der Waals surface area contributed by atoms with Gasteiger partial charge in [-0.25, -0.2) is 0 Å². The van der Waals surface area contributed by atoms with Crippen molar-refractivity contribution < 1.29 is 0 Å². The van der Waals surface area contributed by atoms with Gasteiger partial charge in [-0.05, 0) is 98.5 Å². The van der Waals surface area contributed by atoms with Crippen LogP contribution in [0.4, 0.5) is 0 Å². The van der Waals surface area contributed by atoms with E-state index in [0.717, 1.165) is 52.0 Å². The van der Waals surface area contributed by atoms with Crippen LogP contribution in [0.15, 0.2) is 181 Å². The zero-order valence-corrected chi connectivity index (χ0v) is 26.9. The largest absolute Gasteiger partial charge is 0.341 e. The van der Waals surface area contributed by atoms with Crippen molar-refractivity contribution in [3.05, 3.63) is 192 Å². The summed E-state index contributed by atoms with van der Waals surface area (Å²) in [5.41, 5.74) is 10.9. The Kier molecular flexibility index (Phi) is 12.1. The second kappa shape index (κ2) is 15.8. The lowest BCUT2D eigenvalue weighted by Gasteiger charge is -2.31. The minimum atomic E-state index is 0.186. The molecule has 3 rings (SSSR count). The first-order valence-corrected chi connectivity index (χ1v) is 15.2. The first-order chi connectivity index (χ1) is 20.5. The van der Waals surface area contributed by atoms with E-state index in [1.807, 2.05) is 6.08 Å². The molecule has 3 atom stereocenters. The van der Waals surface area contributed by atoms with Crippen molar-refractivity contribution in [2.45, 2.75) is 59.4 Å². The van der Waals surface area contributed by atoms with Gasteiger partial charge >= 0.3 is 0 Å². The van der Waals surface area contributed by atoms with Gasteiger partial charge in [0.2, 0.25) is 0 Å². The maximum atomic E-state index is 4.62. The highest BCUT2D eigenvalue weighted by Crippen LogP contribution is 2.40. The van der Waals surface area contributed by atoms with E-state index < -0.39 is 0 Å². The van der Waals surface area contributed by atoms with Crippen LogP contribution >= 0.6 is 0 Å². The molecule has 222 valence electrons. The van der Waals surface area contributed by atoms with E-state index in [4.69, 9.17) is 0 Å². The fourth-order valence-electron chi connectivity index (χ4n) is 5.51. The van der Waals surface area contributed by atoms with Gasteiger partial charge in [-0.15, -0.1) is 0 Å². The third-order valence-corrected chi connectivity index (χ3v) is 8.18. The summed E-state index contributed by atoms with van der Waals surface area (Å²) in [6, 6.07) is 9.01. The van der Waals surface area contributed by atoms with E-state index in [1.165, 1.54) is 16.7 Å². The molecule has 0 saturated carbocycles. The standard InChI is InChI=1S/C42H49N/c1-11-16-30(2)25-26-43(41-19-13-12-14-20-41)38(10)36(8)29-34(6)33(5)28-35(7)37(9)42(39-23-21-31(3)22-24-39)40-18-15-17-32(4)27-40/h11-19,21-23,25-29,39,41-42H,1,5-6,9-10,20,24H2,2-4,7-8H3. The molecule has 1 aromatic rings. The number of hydrogen-bond donors (Lipinski definition) is 0. The van der Waals surface area contributed by atoms with E-state index in [2.05, 4.69) is 164 Å². The number of nitrogens with zero attached hydrogens (tertiary/aromatic N) is 1. The Morgan fingerprint density at radius 3 is 2.26 bits per heavy atom. The number of aryl methyl sites for hydroxylation is 1. The summed E-state index contributed by atoms with van der Waals surface area (Å²) in [7, 11) is 0. The van der Waals surface area contributed by atoms with Crippen LogP contribution in [0.25, 0.3) is 0 Å². The van der Waals surface area contributed by atoms with Crippen molar-refractivity contribution in [3.63, 3.8) is 0 Å². The van der Waals surface area contributed by atoms with Gasteiger partial charge in [0.15, 0.2) is 0 Å². The Labute approximate surface area is 261 Å². The summed E-state index contributed by atoms with van der Waals surface area (Å²) in [5, 5.41) is 0. The predicted molar refractivity (Wildman–Crippen MR) is 191 cm³/mol. The minimum Gasteiger partial charge on any atom is -0.341 e. The highest BCUT2D eigenvalue weighted by molar-refractivity contribution is 5.52. The second-order valence-electron chi connectivity index (χ2n) is 11.8. The lowest BCUT2D eigenvalue weighted by Crippen LogP contribution is -2.29. The lowest BCUT2D eigenvalue weighted by molar-refractivity contribution is 0.400. The number of benzene rings is 1. The van der Waals surface area contributed by atoms with Crippen LogP contribution in [0.2, 0.25) is 0 Å². The zero-order chi connectivity index (χ0) is 31.5. The molecule has 2 aliphatic carbocycles. The summed E-state index contributed by atoms with van der Waals surface area (Å²) >= 11 is 0. The summed E-state index contributed by atoms with van der Waals surface area (Å²) in [6.45, 7) is 32.3. The fourth-order valence-corrected chi connectivity index (χ4v) is 5.51. The van der Waals surface area contributed by atoms with Gasteiger partial charge in [0.25, 0.3) is 0 Å². The number of hydrogen-bond acceptors (Lipinski definition) is 1. The van der Waals surface area contributed by atoms with Gasteiger partial charge in [-0.1, -0.05) is 135 Å². The molecule has 1 nitrogen and oxygen atoms in total. The van der Waals surface area contributed by atoms with Crippen molar-refractivity contribution in [3.8, 4) is 0 Å². The van der Waals surface area contributed by atoms with E-state index in [9.17, 15) is 0 Å². The summed E-state index contributed by atoms with van der Waals surface area (Å²) in [4.78, 5) is 2.23. The van der Waals surface area contributed by atoms with Crippen LogP contribution in [-0.4, -0.2) is 10.9 Å². The SMILES string of the molecule is C=CC=C(C)C=CN(C(=C)C(C)=CC(=C)C(=C)C=C(C)C(=C)C(c1cccc(C)c1)C1C=CC(C)=CC1)C1C=CC=CC1. The molecule has 0 heterocycles. The van der Waals surface area contributed by atoms with Crippen molar-refractivity contribution in [2.24, 2.45) is 5.92 Å². The van der Waals surface area contributed by atoms with Gasteiger partial charge in [0.05, 0.1) is 6.04 Å². The molecule has 3 unspecified atom stereocenters. The Balaban J connectivity index is 1.83. The van der Waals surface area contributed by atoms with Crippen molar-refractivity contribution in [1.82, 2.24) is 4.90 Å². The topological polar surface area (TPSA) is 3.24 Å². The molecule has 1 aromatic carbocycles. The maximum Gasteiger partial charge on any atom is 0.0553 e. The summed E-state index contributed by atoms with van der Waals surface area (Å²) < 4.78 is 0. The van der Waals surface area contributed by atoms with Gasteiger partial charge in [0.1, 0.15) is 0 Å². The molecule has 2 aliphatic rings. The zero-order valence-electron chi connectivity index (χ0n) is 26.9. The van der Waals surface area contributed by atoms with Gasteiger partial charge in [-0.2, -0.15) is 0 Å². The Hall–Kier alpha value is -4.36. The molecule has 0 spiro atoms. The Bertz CT molecular complexity index is 1500. The van der Waals surface area contributed by atoms with E-state index in [-0.39, 0.29) is 12.0 Å². The maximum absolute atomic E-state index is 4.62. The van der Waals surface area contributed by atoms with Gasteiger partial charge in [-0.3, -0.25) is 0 Å². The van der Waals surface area contributed by atoms with Crippen LogP contribution in [0, 0.1) is 12.8 Å². The molecule has 0 saturated heterocycles. The first kappa shape index (κ1) is 33.1. The molecular formula is C42H49N. The fraction of sp³-hybridized carbons (Fsp3) is 0.238. The van der Waals surface area contributed by atoms with Crippen LogP contribution in [0.5, 0.6) is 0 Å². The Morgan fingerprint density at radius 1 is 0.930 bits per heavy atom. The second-order valence-corrected chi connectivity index (χ2v) is 11.8. The minimum absolute atomic E-state index is 0.186. The van der Waals surface area contributed by atoms with Crippen LogP contribution < -0.4 is 0 Å². The van der Waals surface area contributed by atoms with Gasteiger partial charge in [0, 0.05) is 17.8 Å². The van der Waals surface area contributed by atoms with Crippen molar-refractivity contribution in [2.75, 3.05) is 0 Å². The van der Waals surface area contributed by atoms with Crippen LogP contribution in [0.3, 0.4) is 0 Å². The normalized spacial score (nSPS) is 19.7. The highest BCUT2D eigenvalue weighted by Gasteiger charge is 2.25. The van der Waals surface area contributed by atoms with Crippen LogP contribution in [0.1, 0.15) is 57.6 Å². The third-order valence-electron chi connectivity index (χ3n) is 8.18. The smallest absolute Gasteiger partial charge is 0.0553 e. The molecule has 0 bridgehead atoms. The number of allylic oxidation sites excluding steroid dienone is 17. The quantitative estimate of drug-likeness (QED) is 0.214. The molecule has 0 fully saturated rings. The van der Waals surface area contributed by atoms with Gasteiger partial charge < -0.3 is 4.90 Å². The van der Waals surface area contributed by atoms with Crippen molar-refractivity contribution in [1.29, 1.82) is 0 Å². The number of rotatable bonds is 13. The molecule has 0 aliphatic heterocycles. The average molecular weight is 568 g/mol. The monoisotopic (exact) mass is 567 g/mol. The molecule has 0 radical (unpaired) electrons. The molecule has 0 aromatic heterocycles. The lowest BCUT2D eigenvalue weighted by atomic mass is 9.75. The molecule has 43 heavy (non-hydrogen) atoms.